The van der Waals surface area contributed by atoms with Crippen molar-refractivity contribution in [2.75, 3.05) is 24.6 Å². The normalized spacial score (nSPS) is 13.1. The number of hydrogen-bond donors (Lipinski definition) is 9. The van der Waals surface area contributed by atoms with Gasteiger partial charge in [-0.2, -0.15) is 0 Å². The van der Waals surface area contributed by atoms with Crippen LogP contribution < -0.4 is 22.1 Å². The van der Waals surface area contributed by atoms with Crippen LogP contribution >= 0.6 is 63.7 Å². The number of H-pyrrole nitrogens is 4. The second-order valence-corrected chi connectivity index (χ2v) is 11.5. The predicted octanol–water partition coefficient (Wildman–Crippen LogP) is 3.37. The highest BCUT2D eigenvalue weighted by Crippen LogP contribution is 2.30. The number of hydrogen-bond acceptors (Lipinski definition) is 7. The van der Waals surface area contributed by atoms with Crippen molar-refractivity contribution in [3.8, 4) is 0 Å². The number of nitrogen functional groups attached to an aromatic ring is 2. The van der Waals surface area contributed by atoms with E-state index in [4.69, 9.17) is 11.5 Å². The van der Waals surface area contributed by atoms with Crippen LogP contribution in [-0.4, -0.2) is 66.0 Å². The van der Waals surface area contributed by atoms with Crippen molar-refractivity contribution in [1.29, 1.82) is 0 Å². The van der Waals surface area contributed by atoms with Gasteiger partial charge >= 0.3 is 0 Å². The van der Waals surface area contributed by atoms with E-state index in [0.717, 1.165) is 4.47 Å². The topological polar surface area (TPSA) is 219 Å². The molecule has 4 aromatic rings. The maximum Gasteiger partial charge on any atom is 0.268 e. The number of aliphatic hydroxyl groups excluding tert-OH is 1. The van der Waals surface area contributed by atoms with Crippen LogP contribution in [0.25, 0.3) is 6.08 Å². The third kappa shape index (κ3) is 7.02. The summed E-state index contributed by atoms with van der Waals surface area (Å²) in [6.45, 7) is 0.0803. The zero-order valence-corrected chi connectivity index (χ0v) is 26.1. The fraction of sp³-hybridized carbons (Fsp3) is 0.182. The van der Waals surface area contributed by atoms with Crippen molar-refractivity contribution in [1.82, 2.24) is 40.5 Å². The van der Waals surface area contributed by atoms with Gasteiger partial charge in [0.15, 0.2) is 11.9 Å². The van der Waals surface area contributed by atoms with Gasteiger partial charge in [-0.15, -0.1) is 0 Å². The number of carbonyl (C=O) groups is 2. The van der Waals surface area contributed by atoms with Gasteiger partial charge in [0.05, 0.1) is 47.8 Å². The predicted molar refractivity (Wildman–Crippen MR) is 160 cm³/mol. The average molecular weight is 794 g/mol. The van der Waals surface area contributed by atoms with Gasteiger partial charge in [-0.3, -0.25) is 9.59 Å². The van der Waals surface area contributed by atoms with Crippen LogP contribution in [0.3, 0.4) is 0 Å². The first-order chi connectivity index (χ1) is 18.5. The highest BCUT2D eigenvalue weighted by atomic mass is 79.9. The number of rotatable bonds is 10. The van der Waals surface area contributed by atoms with Crippen LogP contribution in [0.5, 0.6) is 0 Å². The van der Waals surface area contributed by atoms with Gasteiger partial charge in [-0.1, -0.05) is 6.08 Å². The highest BCUT2D eigenvalue weighted by Gasteiger charge is 2.30. The van der Waals surface area contributed by atoms with Crippen molar-refractivity contribution in [2.45, 2.75) is 12.0 Å². The molecule has 0 aliphatic carbocycles. The minimum absolute atomic E-state index is 0.115. The summed E-state index contributed by atoms with van der Waals surface area (Å²) in [4.78, 5) is 45.0. The number of nitrogens with two attached hydrogens (primary N) is 2. The minimum atomic E-state index is -1.13. The third-order valence-corrected chi connectivity index (χ3v) is 9.06. The molecule has 4 aromatic heterocycles. The molecule has 0 aliphatic rings. The first kappa shape index (κ1) is 29.1. The lowest BCUT2D eigenvalue weighted by Crippen LogP contribution is -2.36. The molecule has 0 spiro atoms. The largest absolute Gasteiger partial charge is 0.390 e. The van der Waals surface area contributed by atoms with E-state index in [1.807, 2.05) is 0 Å². The zero-order valence-electron chi connectivity index (χ0n) is 19.8. The summed E-state index contributed by atoms with van der Waals surface area (Å²) < 4.78 is 2.70. The van der Waals surface area contributed by atoms with E-state index in [-0.39, 0.29) is 30.9 Å². The summed E-state index contributed by atoms with van der Waals surface area (Å²) in [5, 5.41) is 16.7. The van der Waals surface area contributed by atoms with E-state index in [1.54, 1.807) is 24.3 Å². The summed E-state index contributed by atoms with van der Waals surface area (Å²) in [7, 11) is 0. The van der Waals surface area contributed by atoms with Crippen LogP contribution in [0.2, 0.25) is 0 Å². The van der Waals surface area contributed by atoms with Gasteiger partial charge in [0, 0.05) is 18.8 Å². The Bertz CT molecular complexity index is 1480. The molecule has 0 aliphatic heterocycles. The molecule has 0 saturated heterocycles. The molecular formula is C22H22Br4N10O3. The van der Waals surface area contributed by atoms with Gasteiger partial charge in [-0.25, -0.2) is 9.97 Å². The minimum Gasteiger partial charge on any atom is -0.390 e. The molecule has 4 rings (SSSR count). The molecule has 0 fully saturated rings. The Morgan fingerprint density at radius 1 is 0.949 bits per heavy atom. The number of aromatic nitrogens is 6. The average Bonchev–Trinajstić information content (AvgIpc) is 3.64. The molecule has 13 nitrogen and oxygen atoms in total. The Morgan fingerprint density at radius 3 is 2.10 bits per heavy atom. The number of aromatic amines is 4. The second kappa shape index (κ2) is 12.5. The van der Waals surface area contributed by atoms with Gasteiger partial charge < -0.3 is 47.1 Å². The monoisotopic (exact) mass is 790 g/mol. The van der Waals surface area contributed by atoms with Gasteiger partial charge in [0.25, 0.3) is 11.8 Å². The lowest BCUT2D eigenvalue weighted by Gasteiger charge is -2.22. The van der Waals surface area contributed by atoms with E-state index < -0.39 is 17.9 Å². The summed E-state index contributed by atoms with van der Waals surface area (Å²) in [5.41, 5.74) is 13.8. The Hall–Kier alpha value is -2.86. The number of nitrogens with one attached hydrogen (secondary N) is 6. The number of carbonyl (C=O) groups excluding carboxylic acids is 2. The number of anilines is 2. The first-order valence-electron chi connectivity index (χ1n) is 11.2. The number of imidazole rings is 2. The molecule has 206 valence electrons. The van der Waals surface area contributed by atoms with Crippen molar-refractivity contribution in [3.63, 3.8) is 0 Å². The molecule has 39 heavy (non-hydrogen) atoms. The Kier molecular flexibility index (Phi) is 9.37. The molecule has 17 heteroatoms. The van der Waals surface area contributed by atoms with Crippen molar-refractivity contribution in [2.24, 2.45) is 0 Å². The van der Waals surface area contributed by atoms with Crippen LogP contribution in [0.4, 0.5) is 11.9 Å². The summed E-state index contributed by atoms with van der Waals surface area (Å²) in [6.07, 6.45) is 3.71. The summed E-state index contributed by atoms with van der Waals surface area (Å²) in [5.74, 6) is -1.20. The Balaban J connectivity index is 1.50. The smallest absolute Gasteiger partial charge is 0.268 e. The molecule has 2 amide bonds. The van der Waals surface area contributed by atoms with Crippen LogP contribution in [0.15, 0.2) is 42.6 Å². The van der Waals surface area contributed by atoms with E-state index in [1.165, 1.54) is 6.20 Å². The number of amides is 2. The highest BCUT2D eigenvalue weighted by molar-refractivity contribution is 9.13. The van der Waals surface area contributed by atoms with Crippen molar-refractivity contribution < 1.29 is 14.7 Å². The van der Waals surface area contributed by atoms with Gasteiger partial charge in [0.2, 0.25) is 0 Å². The van der Waals surface area contributed by atoms with E-state index in [9.17, 15) is 14.7 Å². The lowest BCUT2D eigenvalue weighted by molar-refractivity contribution is 0.0898. The summed E-state index contributed by atoms with van der Waals surface area (Å²) in [6, 6.07) is 3.27. The number of halogens is 4. The molecule has 11 N–H and O–H groups in total. The van der Waals surface area contributed by atoms with Crippen molar-refractivity contribution in [3.05, 3.63) is 71.0 Å². The molecular weight excluding hydrogens is 772 g/mol. The molecule has 0 saturated carbocycles. The van der Waals surface area contributed by atoms with Gasteiger partial charge in [-0.05, 0) is 81.9 Å². The van der Waals surface area contributed by atoms with Crippen LogP contribution in [0.1, 0.15) is 44.0 Å². The van der Waals surface area contributed by atoms with E-state index >= 15 is 0 Å². The summed E-state index contributed by atoms with van der Waals surface area (Å²) >= 11 is 13.3. The maximum absolute atomic E-state index is 12.6. The fourth-order valence-electron chi connectivity index (χ4n) is 3.73. The Morgan fingerprint density at radius 2 is 1.56 bits per heavy atom. The standard InChI is InChI=1S/C22H22Br4N10O3/c23-8-4-11(32-17(8)25)19(38)29-3-1-2-10-16(36-22(28)34-10)15(13-6-31-21(27)35-13)14(37)7-30-20(39)12-5-9(24)18(26)33-12/h1-2,4-6,14-15,32-33,37H,3,7H2,(H,29,38)(H,30,39)(H3,27,31,35)(H3,28,34,36)/b2-1+/t14-,15-/m1/s1. The van der Waals surface area contributed by atoms with E-state index in [0.29, 0.717) is 42.1 Å². The molecule has 0 bridgehead atoms. The Labute approximate surface area is 254 Å². The van der Waals surface area contributed by atoms with Crippen LogP contribution in [-0.2, 0) is 0 Å². The molecule has 2 atom stereocenters. The van der Waals surface area contributed by atoms with Crippen LogP contribution in [0, 0.1) is 0 Å². The molecule has 0 unspecified atom stereocenters. The second-order valence-electron chi connectivity index (χ2n) is 8.20. The van der Waals surface area contributed by atoms with Crippen molar-refractivity contribution >= 4 is 93.5 Å². The third-order valence-electron chi connectivity index (χ3n) is 5.49. The molecule has 0 aromatic carbocycles. The number of aliphatic hydroxyl groups is 1. The SMILES string of the molecule is Nc1ncc([C@@H](c2[nH]c(N)nc2/C=C/CNC(=O)c2cc(Br)c(Br)[nH]2)[C@H](O)CNC(=O)c2cc(Br)c(Br)[nH]2)[nH]1. The quantitative estimate of drug-likeness (QED) is 0.117. The van der Waals surface area contributed by atoms with Gasteiger partial charge in [0.1, 0.15) is 11.4 Å². The van der Waals surface area contributed by atoms with E-state index in [2.05, 4.69) is 104 Å². The first-order valence-corrected chi connectivity index (χ1v) is 14.4. The molecule has 0 radical (unpaired) electrons. The molecule has 4 heterocycles. The lowest BCUT2D eigenvalue weighted by atomic mass is 9.93. The zero-order chi connectivity index (χ0) is 28.3. The number of nitrogens with zero attached hydrogens (tertiary/aromatic N) is 2. The maximum atomic E-state index is 12.6. The fourth-order valence-corrected chi connectivity index (χ4v) is 5.04.